The minimum absolute atomic E-state index is 0.118. The van der Waals surface area contributed by atoms with Crippen LogP contribution in [-0.4, -0.2) is 52.1 Å². The number of aryl methyl sites for hydroxylation is 1. The first-order chi connectivity index (χ1) is 13.7. The van der Waals surface area contributed by atoms with E-state index in [1.165, 1.54) is 11.8 Å². The summed E-state index contributed by atoms with van der Waals surface area (Å²) in [7, 11) is 1.59. The Morgan fingerprint density at radius 3 is 2.89 bits per heavy atom. The van der Waals surface area contributed by atoms with Crippen LogP contribution in [0.1, 0.15) is 5.56 Å². The highest BCUT2D eigenvalue weighted by Crippen LogP contribution is 2.25. The van der Waals surface area contributed by atoms with Crippen molar-refractivity contribution < 1.29 is 14.3 Å². The molecule has 9 heteroatoms. The third-order valence-corrected chi connectivity index (χ3v) is 4.69. The molecule has 0 saturated heterocycles. The van der Waals surface area contributed by atoms with E-state index in [-0.39, 0.29) is 11.7 Å². The fourth-order valence-corrected chi connectivity index (χ4v) is 3.18. The van der Waals surface area contributed by atoms with Gasteiger partial charge in [-0.05, 0) is 47.2 Å². The van der Waals surface area contributed by atoms with E-state index in [4.69, 9.17) is 9.47 Å². The topological polar surface area (TPSA) is 91.2 Å². The van der Waals surface area contributed by atoms with E-state index >= 15 is 0 Å². The van der Waals surface area contributed by atoms with Crippen LogP contribution in [0.2, 0.25) is 0 Å². The number of hydrogen-bond donors (Lipinski definition) is 1. The number of carbonyl (C=O) groups is 1. The predicted octanol–water partition coefficient (Wildman–Crippen LogP) is 2.27. The average Bonchev–Trinajstić information content (AvgIpc) is 3.18. The van der Waals surface area contributed by atoms with Crippen LogP contribution in [0.3, 0.4) is 0 Å². The summed E-state index contributed by atoms with van der Waals surface area (Å²) < 4.78 is 12.5. The van der Waals surface area contributed by atoms with Crippen molar-refractivity contribution in [2.45, 2.75) is 12.1 Å². The first kappa shape index (κ1) is 19.7. The SMILES string of the molecule is COc1ccccc1-n1nnnc1SCC(=O)NCCOc1cccc(C)c1. The molecule has 0 saturated carbocycles. The van der Waals surface area contributed by atoms with Crippen molar-refractivity contribution in [3.05, 3.63) is 54.1 Å². The fraction of sp³-hybridized carbons (Fsp3) is 0.263. The van der Waals surface area contributed by atoms with Gasteiger partial charge in [-0.15, -0.1) is 5.10 Å². The molecule has 146 valence electrons. The molecule has 1 N–H and O–H groups in total. The summed E-state index contributed by atoms with van der Waals surface area (Å²) in [5, 5.41) is 15.0. The number of aromatic nitrogens is 4. The van der Waals surface area contributed by atoms with Gasteiger partial charge in [0.25, 0.3) is 0 Å². The van der Waals surface area contributed by atoms with Crippen LogP contribution in [0, 0.1) is 6.92 Å². The second-order valence-corrected chi connectivity index (χ2v) is 6.79. The van der Waals surface area contributed by atoms with Crippen LogP contribution in [0.4, 0.5) is 0 Å². The summed E-state index contributed by atoms with van der Waals surface area (Å²) in [4.78, 5) is 12.1. The smallest absolute Gasteiger partial charge is 0.230 e. The molecule has 2 aromatic carbocycles. The maximum atomic E-state index is 12.1. The summed E-state index contributed by atoms with van der Waals surface area (Å²) in [5.41, 5.74) is 1.84. The Labute approximate surface area is 167 Å². The quantitative estimate of drug-likeness (QED) is 0.436. The third kappa shape index (κ3) is 5.23. The zero-order valence-corrected chi connectivity index (χ0v) is 16.5. The predicted molar refractivity (Wildman–Crippen MR) is 106 cm³/mol. The molecule has 3 aromatic rings. The van der Waals surface area contributed by atoms with E-state index in [2.05, 4.69) is 20.8 Å². The second-order valence-electron chi connectivity index (χ2n) is 5.85. The number of hydrogen-bond acceptors (Lipinski definition) is 7. The van der Waals surface area contributed by atoms with Gasteiger partial charge in [0.1, 0.15) is 23.8 Å². The van der Waals surface area contributed by atoms with Crippen molar-refractivity contribution in [1.82, 2.24) is 25.5 Å². The standard InChI is InChI=1S/C19H21N5O3S/c1-14-6-5-7-15(12-14)27-11-10-20-18(25)13-28-19-21-22-23-24(19)16-8-3-4-9-17(16)26-2/h3-9,12H,10-11,13H2,1-2H3,(H,20,25). The molecule has 1 aromatic heterocycles. The van der Waals surface area contributed by atoms with E-state index in [1.807, 2.05) is 55.5 Å². The molecule has 0 spiro atoms. The number of carbonyl (C=O) groups excluding carboxylic acids is 1. The van der Waals surface area contributed by atoms with Crippen molar-refractivity contribution in [2.75, 3.05) is 26.0 Å². The molecule has 8 nitrogen and oxygen atoms in total. The molecule has 1 amide bonds. The lowest BCUT2D eigenvalue weighted by molar-refractivity contribution is -0.118. The van der Waals surface area contributed by atoms with Gasteiger partial charge in [0.2, 0.25) is 11.1 Å². The van der Waals surface area contributed by atoms with Crippen molar-refractivity contribution >= 4 is 17.7 Å². The van der Waals surface area contributed by atoms with Crippen LogP contribution in [0.15, 0.2) is 53.7 Å². The molecule has 3 rings (SSSR count). The van der Waals surface area contributed by atoms with Crippen molar-refractivity contribution in [1.29, 1.82) is 0 Å². The number of benzene rings is 2. The first-order valence-electron chi connectivity index (χ1n) is 8.68. The fourth-order valence-electron chi connectivity index (χ4n) is 2.47. The monoisotopic (exact) mass is 399 g/mol. The van der Waals surface area contributed by atoms with E-state index in [0.717, 1.165) is 11.3 Å². The maximum Gasteiger partial charge on any atom is 0.230 e. The molecular weight excluding hydrogens is 378 g/mol. The maximum absolute atomic E-state index is 12.1. The Balaban J connectivity index is 1.47. The Kier molecular flexibility index (Phi) is 6.85. The van der Waals surface area contributed by atoms with Gasteiger partial charge in [0.05, 0.1) is 19.4 Å². The molecule has 0 unspecified atom stereocenters. The van der Waals surface area contributed by atoms with E-state index in [1.54, 1.807) is 11.8 Å². The summed E-state index contributed by atoms with van der Waals surface area (Å²) >= 11 is 1.25. The minimum Gasteiger partial charge on any atom is -0.494 e. The summed E-state index contributed by atoms with van der Waals surface area (Å²) in [5.74, 6) is 1.52. The van der Waals surface area contributed by atoms with E-state index in [0.29, 0.717) is 29.7 Å². The van der Waals surface area contributed by atoms with Gasteiger partial charge < -0.3 is 14.8 Å². The molecule has 1 heterocycles. The molecule has 0 fully saturated rings. The highest BCUT2D eigenvalue weighted by molar-refractivity contribution is 7.99. The van der Waals surface area contributed by atoms with Gasteiger partial charge in [0.15, 0.2) is 0 Å². The molecule has 0 aliphatic carbocycles. The van der Waals surface area contributed by atoms with Crippen LogP contribution in [0.25, 0.3) is 5.69 Å². The van der Waals surface area contributed by atoms with Gasteiger partial charge in [-0.1, -0.05) is 36.0 Å². The third-order valence-electron chi connectivity index (χ3n) is 3.77. The van der Waals surface area contributed by atoms with Gasteiger partial charge in [-0.2, -0.15) is 4.68 Å². The molecule has 0 aliphatic heterocycles. The number of nitrogens with zero attached hydrogens (tertiary/aromatic N) is 4. The zero-order chi connectivity index (χ0) is 19.8. The van der Waals surface area contributed by atoms with Gasteiger partial charge in [-0.3, -0.25) is 4.79 Å². The number of ether oxygens (including phenoxy) is 2. The lowest BCUT2D eigenvalue weighted by Gasteiger charge is -2.09. The van der Waals surface area contributed by atoms with Crippen molar-refractivity contribution in [2.24, 2.45) is 0 Å². The molecule has 0 atom stereocenters. The molecule has 0 bridgehead atoms. The second kappa shape index (κ2) is 9.75. The van der Waals surface area contributed by atoms with E-state index < -0.39 is 0 Å². The van der Waals surface area contributed by atoms with Crippen LogP contribution < -0.4 is 14.8 Å². The summed E-state index contributed by atoms with van der Waals surface area (Å²) in [6.45, 7) is 2.83. The van der Waals surface area contributed by atoms with Crippen LogP contribution >= 0.6 is 11.8 Å². The van der Waals surface area contributed by atoms with Gasteiger partial charge >= 0.3 is 0 Å². The number of nitrogens with one attached hydrogen (secondary N) is 1. The Hall–Kier alpha value is -3.07. The lowest BCUT2D eigenvalue weighted by atomic mass is 10.2. The summed E-state index contributed by atoms with van der Waals surface area (Å²) in [6, 6.07) is 15.2. The van der Waals surface area contributed by atoms with Crippen LogP contribution in [-0.2, 0) is 4.79 Å². The zero-order valence-electron chi connectivity index (χ0n) is 15.7. The highest BCUT2D eigenvalue weighted by atomic mass is 32.2. The van der Waals surface area contributed by atoms with Crippen molar-refractivity contribution in [3.8, 4) is 17.2 Å². The van der Waals surface area contributed by atoms with E-state index in [9.17, 15) is 4.79 Å². The largest absolute Gasteiger partial charge is 0.494 e. The van der Waals surface area contributed by atoms with Gasteiger partial charge in [0, 0.05) is 0 Å². The number of thioether (sulfide) groups is 1. The number of para-hydroxylation sites is 2. The lowest BCUT2D eigenvalue weighted by Crippen LogP contribution is -2.29. The van der Waals surface area contributed by atoms with Crippen LogP contribution in [0.5, 0.6) is 11.5 Å². The first-order valence-corrected chi connectivity index (χ1v) is 9.66. The minimum atomic E-state index is -0.118. The Bertz CT molecular complexity index is 931. The average molecular weight is 399 g/mol. The molecule has 28 heavy (non-hydrogen) atoms. The molecular formula is C19H21N5O3S. The highest BCUT2D eigenvalue weighted by Gasteiger charge is 2.14. The number of tetrazole rings is 1. The van der Waals surface area contributed by atoms with Crippen molar-refractivity contribution in [3.63, 3.8) is 0 Å². The Morgan fingerprint density at radius 1 is 1.21 bits per heavy atom. The Morgan fingerprint density at radius 2 is 2.07 bits per heavy atom. The van der Waals surface area contributed by atoms with Gasteiger partial charge in [-0.25, -0.2) is 0 Å². The number of rotatable bonds is 9. The normalized spacial score (nSPS) is 10.5. The molecule has 0 radical (unpaired) electrons. The number of methoxy groups -OCH3 is 1. The number of amides is 1. The molecule has 0 aliphatic rings. The summed E-state index contributed by atoms with van der Waals surface area (Å²) in [6.07, 6.45) is 0.